The summed E-state index contributed by atoms with van der Waals surface area (Å²) in [5.74, 6) is -0.500. The number of aliphatic carboxylic acids is 1. The molecule has 0 bridgehead atoms. The summed E-state index contributed by atoms with van der Waals surface area (Å²) in [5, 5.41) is 9.55. The van der Waals surface area contributed by atoms with Crippen molar-refractivity contribution in [2.75, 3.05) is 14.2 Å². The van der Waals surface area contributed by atoms with E-state index in [1.54, 1.807) is 43.8 Å². The fourth-order valence-corrected chi connectivity index (χ4v) is 2.20. The van der Waals surface area contributed by atoms with Crippen LogP contribution in [0.3, 0.4) is 0 Å². The minimum absolute atomic E-state index is 0.340. The van der Waals surface area contributed by atoms with Gasteiger partial charge in [-0.25, -0.2) is 0 Å². The van der Waals surface area contributed by atoms with E-state index in [9.17, 15) is 9.90 Å². The van der Waals surface area contributed by atoms with E-state index in [1.165, 1.54) is 7.11 Å². The van der Waals surface area contributed by atoms with Crippen LogP contribution in [0.5, 0.6) is 11.5 Å². The number of aromatic nitrogens is 1. The van der Waals surface area contributed by atoms with E-state index in [1.807, 2.05) is 6.07 Å². The molecule has 1 aromatic heterocycles. The van der Waals surface area contributed by atoms with Crippen molar-refractivity contribution in [2.45, 2.75) is 12.3 Å². The fraction of sp³-hybridized carbons (Fsp3) is 0.250. The number of nitrogens with zero attached hydrogens (tertiary/aromatic N) is 1. The largest absolute Gasteiger partial charge is 0.497 e. The van der Waals surface area contributed by atoms with Gasteiger partial charge >= 0.3 is 5.97 Å². The van der Waals surface area contributed by atoms with E-state index < -0.39 is 11.9 Å². The number of carboxylic acids is 1. The first-order chi connectivity index (χ1) is 10.2. The summed E-state index contributed by atoms with van der Waals surface area (Å²) in [6, 6.07) is 8.80. The second-order valence-corrected chi connectivity index (χ2v) is 4.56. The van der Waals surface area contributed by atoms with Gasteiger partial charge in [0, 0.05) is 18.0 Å². The normalized spacial score (nSPS) is 11.7. The monoisotopic (exact) mass is 287 g/mol. The van der Waals surface area contributed by atoms with Crippen LogP contribution in [-0.4, -0.2) is 30.3 Å². The van der Waals surface area contributed by atoms with E-state index in [-0.39, 0.29) is 0 Å². The Kier molecular flexibility index (Phi) is 4.77. The standard InChI is InChI=1S/C16H17NO4/c1-20-12-5-6-15(21-2)13(9-12)14(16(18)19)8-11-4-3-7-17-10-11/h3-7,9-10,14H,8H2,1-2H3,(H,18,19). The predicted octanol–water partition coefficient (Wildman–Crippen LogP) is 2.51. The topological polar surface area (TPSA) is 68.7 Å². The van der Waals surface area contributed by atoms with Gasteiger partial charge in [0.2, 0.25) is 0 Å². The average Bonchev–Trinajstić information content (AvgIpc) is 2.52. The number of pyridine rings is 1. The Morgan fingerprint density at radius 2 is 2.10 bits per heavy atom. The number of hydrogen-bond donors (Lipinski definition) is 1. The van der Waals surface area contributed by atoms with Crippen LogP contribution in [0.15, 0.2) is 42.7 Å². The molecule has 0 saturated heterocycles. The van der Waals surface area contributed by atoms with Crippen molar-refractivity contribution in [3.8, 4) is 11.5 Å². The molecular formula is C16H17NO4. The fourth-order valence-electron chi connectivity index (χ4n) is 2.20. The summed E-state index contributed by atoms with van der Waals surface area (Å²) in [6.07, 6.45) is 3.67. The van der Waals surface area contributed by atoms with Crippen molar-refractivity contribution in [2.24, 2.45) is 0 Å². The van der Waals surface area contributed by atoms with Crippen molar-refractivity contribution in [1.82, 2.24) is 4.98 Å². The number of rotatable bonds is 6. The van der Waals surface area contributed by atoms with Crippen LogP contribution < -0.4 is 9.47 Å². The highest BCUT2D eigenvalue weighted by atomic mass is 16.5. The van der Waals surface area contributed by atoms with Crippen molar-refractivity contribution < 1.29 is 19.4 Å². The summed E-state index contributed by atoms with van der Waals surface area (Å²) in [6.45, 7) is 0. The molecule has 0 fully saturated rings. The van der Waals surface area contributed by atoms with Crippen LogP contribution in [0.4, 0.5) is 0 Å². The molecule has 0 aliphatic rings. The lowest BCUT2D eigenvalue weighted by Crippen LogP contribution is -2.15. The molecule has 5 nitrogen and oxygen atoms in total. The third-order valence-electron chi connectivity index (χ3n) is 3.27. The van der Waals surface area contributed by atoms with Gasteiger partial charge in [-0.15, -0.1) is 0 Å². The number of carboxylic acid groups (broad SMARTS) is 1. The first-order valence-electron chi connectivity index (χ1n) is 6.49. The summed E-state index contributed by atoms with van der Waals surface area (Å²) in [4.78, 5) is 15.7. The Hall–Kier alpha value is -2.56. The van der Waals surface area contributed by atoms with Gasteiger partial charge < -0.3 is 14.6 Å². The Balaban J connectivity index is 2.40. The Morgan fingerprint density at radius 1 is 1.29 bits per heavy atom. The quantitative estimate of drug-likeness (QED) is 0.884. The molecule has 110 valence electrons. The van der Waals surface area contributed by atoms with Crippen molar-refractivity contribution >= 4 is 5.97 Å². The maximum Gasteiger partial charge on any atom is 0.311 e. The first kappa shape index (κ1) is 14.8. The lowest BCUT2D eigenvalue weighted by Gasteiger charge is -2.17. The molecule has 0 amide bonds. The molecular weight excluding hydrogens is 270 g/mol. The zero-order valence-electron chi connectivity index (χ0n) is 11.9. The number of carbonyl (C=O) groups is 1. The van der Waals surface area contributed by atoms with Crippen LogP contribution in [-0.2, 0) is 11.2 Å². The Morgan fingerprint density at radius 3 is 2.67 bits per heavy atom. The van der Waals surface area contributed by atoms with Crippen LogP contribution in [0, 0.1) is 0 Å². The van der Waals surface area contributed by atoms with E-state index in [0.717, 1.165) is 5.56 Å². The van der Waals surface area contributed by atoms with Gasteiger partial charge in [-0.1, -0.05) is 6.07 Å². The van der Waals surface area contributed by atoms with Gasteiger partial charge in [0.05, 0.1) is 20.1 Å². The minimum Gasteiger partial charge on any atom is -0.497 e. The zero-order chi connectivity index (χ0) is 15.2. The Bertz CT molecular complexity index is 613. The predicted molar refractivity (Wildman–Crippen MR) is 77.9 cm³/mol. The second-order valence-electron chi connectivity index (χ2n) is 4.56. The van der Waals surface area contributed by atoms with Gasteiger partial charge in [-0.3, -0.25) is 9.78 Å². The number of ether oxygens (including phenoxy) is 2. The van der Waals surface area contributed by atoms with E-state index in [4.69, 9.17) is 9.47 Å². The van der Waals surface area contributed by atoms with E-state index >= 15 is 0 Å². The van der Waals surface area contributed by atoms with Gasteiger partial charge in [-0.2, -0.15) is 0 Å². The Labute approximate surface area is 123 Å². The molecule has 0 spiro atoms. The second kappa shape index (κ2) is 6.74. The molecule has 1 unspecified atom stereocenters. The lowest BCUT2D eigenvalue weighted by molar-refractivity contribution is -0.138. The molecule has 5 heteroatoms. The summed E-state index contributed by atoms with van der Waals surface area (Å²) in [7, 11) is 3.07. The highest BCUT2D eigenvalue weighted by Gasteiger charge is 2.24. The van der Waals surface area contributed by atoms with Crippen LogP contribution in [0.25, 0.3) is 0 Å². The molecule has 21 heavy (non-hydrogen) atoms. The average molecular weight is 287 g/mol. The summed E-state index contributed by atoms with van der Waals surface area (Å²) >= 11 is 0. The highest BCUT2D eigenvalue weighted by Crippen LogP contribution is 2.32. The minimum atomic E-state index is -0.912. The lowest BCUT2D eigenvalue weighted by atomic mass is 9.91. The molecule has 1 aromatic carbocycles. The third kappa shape index (κ3) is 3.51. The molecule has 1 atom stereocenters. The molecule has 0 aliphatic carbocycles. The van der Waals surface area contributed by atoms with Crippen LogP contribution >= 0.6 is 0 Å². The maximum absolute atomic E-state index is 11.7. The van der Waals surface area contributed by atoms with Crippen LogP contribution in [0.1, 0.15) is 17.0 Å². The SMILES string of the molecule is COc1ccc(OC)c(C(Cc2cccnc2)C(=O)O)c1. The maximum atomic E-state index is 11.7. The van der Waals surface area contributed by atoms with Crippen molar-refractivity contribution in [3.63, 3.8) is 0 Å². The third-order valence-corrected chi connectivity index (χ3v) is 3.27. The molecule has 1 heterocycles. The first-order valence-corrected chi connectivity index (χ1v) is 6.49. The number of methoxy groups -OCH3 is 2. The van der Waals surface area contributed by atoms with Gasteiger partial charge in [0.25, 0.3) is 0 Å². The number of benzene rings is 1. The van der Waals surface area contributed by atoms with Crippen molar-refractivity contribution in [3.05, 3.63) is 53.9 Å². The van der Waals surface area contributed by atoms with Crippen LogP contribution in [0.2, 0.25) is 0 Å². The smallest absolute Gasteiger partial charge is 0.311 e. The summed E-state index contributed by atoms with van der Waals surface area (Å²) in [5.41, 5.74) is 1.45. The van der Waals surface area contributed by atoms with E-state index in [2.05, 4.69) is 4.98 Å². The molecule has 2 rings (SSSR count). The molecule has 1 N–H and O–H groups in total. The molecule has 2 aromatic rings. The molecule has 0 aliphatic heterocycles. The van der Waals surface area contributed by atoms with Gasteiger partial charge in [0.1, 0.15) is 11.5 Å². The zero-order valence-corrected chi connectivity index (χ0v) is 11.9. The van der Waals surface area contributed by atoms with Gasteiger partial charge in [-0.05, 0) is 36.2 Å². The number of hydrogen-bond acceptors (Lipinski definition) is 4. The van der Waals surface area contributed by atoms with E-state index in [0.29, 0.717) is 23.5 Å². The molecule has 0 saturated carbocycles. The van der Waals surface area contributed by atoms with Crippen molar-refractivity contribution in [1.29, 1.82) is 0 Å². The molecule has 0 radical (unpaired) electrons. The summed E-state index contributed by atoms with van der Waals surface area (Å²) < 4.78 is 10.5. The van der Waals surface area contributed by atoms with Gasteiger partial charge in [0.15, 0.2) is 0 Å². The highest BCUT2D eigenvalue weighted by molar-refractivity contribution is 5.78.